The number of nitrogens with two attached hydrogens (primary N) is 1. The maximum absolute atomic E-state index is 12.9. The molecular formula is C11H13ClFN. The van der Waals surface area contributed by atoms with E-state index in [2.05, 4.69) is 0 Å². The maximum Gasteiger partial charge on any atom is 0.125 e. The minimum absolute atomic E-state index is 0.0305. The van der Waals surface area contributed by atoms with E-state index in [1.165, 1.54) is 12.1 Å². The summed E-state index contributed by atoms with van der Waals surface area (Å²) in [7, 11) is 0. The summed E-state index contributed by atoms with van der Waals surface area (Å²) in [6, 6.07) is 4.38. The quantitative estimate of drug-likeness (QED) is 0.802. The second-order valence-corrected chi connectivity index (χ2v) is 3.82. The highest BCUT2D eigenvalue weighted by atomic mass is 35.5. The molecule has 0 fully saturated rings. The largest absolute Gasteiger partial charge is 0.324 e. The summed E-state index contributed by atoms with van der Waals surface area (Å²) in [4.78, 5) is 0. The number of hydrogen-bond acceptors (Lipinski definition) is 1. The molecule has 2 N–H and O–H groups in total. The molecule has 0 amide bonds. The first-order valence-electron chi connectivity index (χ1n) is 4.39. The van der Waals surface area contributed by atoms with Crippen LogP contribution in [0.15, 0.2) is 23.8 Å². The lowest BCUT2D eigenvalue weighted by Crippen LogP contribution is -2.15. The first-order valence-corrected chi connectivity index (χ1v) is 4.76. The van der Waals surface area contributed by atoms with Gasteiger partial charge in [0, 0.05) is 11.1 Å². The lowest BCUT2D eigenvalue weighted by atomic mass is 10.1. The molecule has 0 heterocycles. The molecule has 3 heteroatoms. The highest BCUT2D eigenvalue weighted by Crippen LogP contribution is 2.17. The fourth-order valence-corrected chi connectivity index (χ4v) is 1.28. The number of hydrogen-bond donors (Lipinski definition) is 1. The van der Waals surface area contributed by atoms with Crippen LogP contribution in [0, 0.1) is 5.82 Å². The summed E-state index contributed by atoms with van der Waals surface area (Å²) in [6.07, 6.45) is 1.83. The molecule has 0 saturated heterocycles. The fourth-order valence-electron chi connectivity index (χ4n) is 1.05. The molecule has 1 atom stereocenters. The average Bonchev–Trinajstić information content (AvgIpc) is 2.01. The van der Waals surface area contributed by atoms with E-state index in [0.717, 1.165) is 11.1 Å². The van der Waals surface area contributed by atoms with Crippen LogP contribution in [0.25, 0.3) is 6.08 Å². The molecule has 1 nitrogen and oxygen atoms in total. The van der Waals surface area contributed by atoms with Gasteiger partial charge < -0.3 is 5.73 Å². The summed E-state index contributed by atoms with van der Waals surface area (Å²) in [5.74, 6) is -0.332. The van der Waals surface area contributed by atoms with Gasteiger partial charge in [0.15, 0.2) is 0 Å². The summed E-state index contributed by atoms with van der Waals surface area (Å²) in [5.41, 5.74) is 7.40. The number of rotatable bonds is 2. The van der Waals surface area contributed by atoms with E-state index in [4.69, 9.17) is 17.3 Å². The molecule has 0 radical (unpaired) electrons. The van der Waals surface area contributed by atoms with Crippen molar-refractivity contribution in [1.82, 2.24) is 0 Å². The third-order valence-electron chi connectivity index (χ3n) is 2.00. The minimum atomic E-state index is -0.332. The van der Waals surface area contributed by atoms with Crippen molar-refractivity contribution >= 4 is 17.7 Å². The highest BCUT2D eigenvalue weighted by Gasteiger charge is 2.00. The molecule has 0 saturated carbocycles. The lowest BCUT2D eigenvalue weighted by molar-refractivity contribution is 0.627. The van der Waals surface area contributed by atoms with Crippen molar-refractivity contribution in [3.8, 4) is 0 Å². The number of halogens is 2. The minimum Gasteiger partial charge on any atom is -0.324 e. The Balaban J connectivity index is 3.02. The number of benzene rings is 1. The molecule has 1 aromatic carbocycles. The molecule has 0 aliphatic heterocycles. The standard InChI is InChI=1S/C11H13ClFN/c1-7(8(2)14)3-9-4-10(12)6-11(13)5-9/h3-6,8H,14H2,1-2H3/b7-3+. The molecule has 0 aliphatic rings. The Morgan fingerprint density at radius 2 is 2.14 bits per heavy atom. The van der Waals surface area contributed by atoms with Crippen LogP contribution in [0.2, 0.25) is 5.02 Å². The van der Waals surface area contributed by atoms with Crippen LogP contribution in [-0.4, -0.2) is 6.04 Å². The summed E-state index contributed by atoms with van der Waals surface area (Å²) >= 11 is 5.71. The monoisotopic (exact) mass is 213 g/mol. The van der Waals surface area contributed by atoms with Gasteiger partial charge in [0.05, 0.1) is 0 Å². The third kappa shape index (κ3) is 3.13. The molecule has 1 unspecified atom stereocenters. The molecule has 0 bridgehead atoms. The SMILES string of the molecule is C/C(=C\c1cc(F)cc(Cl)c1)C(C)N. The van der Waals surface area contributed by atoms with Crippen molar-refractivity contribution in [3.05, 3.63) is 40.2 Å². The molecule has 0 aliphatic carbocycles. The Labute approximate surface area is 88.4 Å². The fraction of sp³-hybridized carbons (Fsp3) is 0.273. The Morgan fingerprint density at radius 3 is 2.64 bits per heavy atom. The maximum atomic E-state index is 12.9. The zero-order chi connectivity index (χ0) is 10.7. The van der Waals surface area contributed by atoms with Crippen LogP contribution in [-0.2, 0) is 0 Å². The van der Waals surface area contributed by atoms with Crippen LogP contribution in [0.4, 0.5) is 4.39 Å². The van der Waals surface area contributed by atoms with Gasteiger partial charge in [0.1, 0.15) is 5.82 Å². The van der Waals surface area contributed by atoms with Crippen molar-refractivity contribution in [2.45, 2.75) is 19.9 Å². The topological polar surface area (TPSA) is 26.0 Å². The Bertz CT molecular complexity index is 338. The third-order valence-corrected chi connectivity index (χ3v) is 2.22. The van der Waals surface area contributed by atoms with Gasteiger partial charge in [-0.2, -0.15) is 0 Å². The van der Waals surface area contributed by atoms with Crippen LogP contribution in [0.5, 0.6) is 0 Å². The van der Waals surface area contributed by atoms with Crippen molar-refractivity contribution in [2.24, 2.45) is 5.73 Å². The highest BCUT2D eigenvalue weighted by molar-refractivity contribution is 6.30. The summed E-state index contributed by atoms with van der Waals surface area (Å²) < 4.78 is 12.9. The first-order chi connectivity index (χ1) is 6.49. The van der Waals surface area contributed by atoms with Gasteiger partial charge in [0.2, 0.25) is 0 Å². The van der Waals surface area contributed by atoms with Crippen molar-refractivity contribution in [1.29, 1.82) is 0 Å². The van der Waals surface area contributed by atoms with Crippen molar-refractivity contribution in [3.63, 3.8) is 0 Å². The van der Waals surface area contributed by atoms with Gasteiger partial charge in [-0.05, 0) is 37.6 Å². The van der Waals surface area contributed by atoms with Gasteiger partial charge in [-0.25, -0.2) is 4.39 Å². The zero-order valence-electron chi connectivity index (χ0n) is 8.22. The summed E-state index contributed by atoms with van der Waals surface area (Å²) in [6.45, 7) is 3.79. The van der Waals surface area contributed by atoms with Gasteiger partial charge in [-0.1, -0.05) is 23.3 Å². The molecule has 1 aromatic rings. The molecule has 1 rings (SSSR count). The van der Waals surface area contributed by atoms with Crippen LogP contribution < -0.4 is 5.73 Å². The summed E-state index contributed by atoms with van der Waals surface area (Å²) in [5, 5.41) is 0.397. The van der Waals surface area contributed by atoms with Crippen LogP contribution >= 0.6 is 11.6 Å². The van der Waals surface area contributed by atoms with Crippen LogP contribution in [0.3, 0.4) is 0 Å². The predicted octanol–water partition coefficient (Wildman–Crippen LogP) is 3.23. The lowest BCUT2D eigenvalue weighted by Gasteiger charge is -2.05. The second kappa shape index (κ2) is 4.58. The van der Waals surface area contributed by atoms with Gasteiger partial charge >= 0.3 is 0 Å². The van der Waals surface area contributed by atoms with Gasteiger partial charge in [-0.15, -0.1) is 0 Å². The van der Waals surface area contributed by atoms with E-state index in [1.807, 2.05) is 19.9 Å². The second-order valence-electron chi connectivity index (χ2n) is 3.38. The molecule has 76 valence electrons. The Kier molecular flexibility index (Phi) is 3.67. The van der Waals surface area contributed by atoms with E-state index < -0.39 is 0 Å². The van der Waals surface area contributed by atoms with Gasteiger partial charge in [0.25, 0.3) is 0 Å². The predicted molar refractivity (Wildman–Crippen MR) is 58.7 cm³/mol. The van der Waals surface area contributed by atoms with E-state index in [0.29, 0.717) is 5.02 Å². The van der Waals surface area contributed by atoms with E-state index in [-0.39, 0.29) is 11.9 Å². The smallest absolute Gasteiger partial charge is 0.125 e. The zero-order valence-corrected chi connectivity index (χ0v) is 8.98. The molecule has 14 heavy (non-hydrogen) atoms. The average molecular weight is 214 g/mol. The van der Waals surface area contributed by atoms with E-state index >= 15 is 0 Å². The molecular weight excluding hydrogens is 201 g/mol. The van der Waals surface area contributed by atoms with Crippen molar-refractivity contribution < 1.29 is 4.39 Å². The Morgan fingerprint density at radius 1 is 1.50 bits per heavy atom. The normalized spacial score (nSPS) is 14.2. The van der Waals surface area contributed by atoms with E-state index in [9.17, 15) is 4.39 Å². The van der Waals surface area contributed by atoms with Crippen molar-refractivity contribution in [2.75, 3.05) is 0 Å². The first kappa shape index (κ1) is 11.2. The molecule has 0 spiro atoms. The van der Waals surface area contributed by atoms with Crippen LogP contribution in [0.1, 0.15) is 19.4 Å². The Hall–Kier alpha value is -0.860. The van der Waals surface area contributed by atoms with Gasteiger partial charge in [-0.3, -0.25) is 0 Å². The van der Waals surface area contributed by atoms with E-state index in [1.54, 1.807) is 6.07 Å². The molecule has 0 aromatic heterocycles.